The molecule has 2 aromatic carbocycles. The van der Waals surface area contributed by atoms with Gasteiger partial charge in [0.15, 0.2) is 0 Å². The zero-order valence-corrected chi connectivity index (χ0v) is 19.7. The van der Waals surface area contributed by atoms with E-state index in [-0.39, 0.29) is 0 Å². The Bertz CT molecular complexity index is 1020. The molecule has 160 valence electrons. The van der Waals surface area contributed by atoms with Crippen LogP contribution in [0, 0.1) is 27.7 Å². The summed E-state index contributed by atoms with van der Waals surface area (Å²) in [5.41, 5.74) is 4.46. The third kappa shape index (κ3) is 5.51. The maximum absolute atomic E-state index is 11.5. The van der Waals surface area contributed by atoms with Gasteiger partial charge in [-0.3, -0.25) is 0 Å². The van der Waals surface area contributed by atoms with E-state index in [0.717, 1.165) is 45.9 Å². The van der Waals surface area contributed by atoms with Crippen molar-refractivity contribution < 1.29 is 25.2 Å². The van der Waals surface area contributed by atoms with E-state index in [9.17, 15) is 16.8 Å². The van der Waals surface area contributed by atoms with Crippen molar-refractivity contribution in [2.45, 2.75) is 47.0 Å². The van der Waals surface area contributed by atoms with Crippen LogP contribution in [0.4, 0.5) is 0 Å². The Morgan fingerprint density at radius 3 is 1.07 bits per heavy atom. The predicted molar refractivity (Wildman–Crippen MR) is 115 cm³/mol. The second-order valence-electron chi connectivity index (χ2n) is 8.08. The average molecular weight is 441 g/mol. The molecule has 0 aliphatic carbocycles. The van der Waals surface area contributed by atoms with Crippen molar-refractivity contribution in [3.05, 3.63) is 57.6 Å². The number of benzene rings is 2. The third-order valence-corrected chi connectivity index (χ3v) is 5.77. The van der Waals surface area contributed by atoms with Gasteiger partial charge < -0.3 is 8.37 Å². The molecule has 0 aliphatic heterocycles. The summed E-state index contributed by atoms with van der Waals surface area (Å²) in [6, 6.07) is 7.66. The van der Waals surface area contributed by atoms with Crippen LogP contribution in [-0.4, -0.2) is 29.3 Å². The molecule has 0 heterocycles. The van der Waals surface area contributed by atoms with Gasteiger partial charge in [-0.1, -0.05) is 38.1 Å². The van der Waals surface area contributed by atoms with E-state index in [2.05, 4.69) is 13.8 Å². The van der Waals surface area contributed by atoms with Crippen molar-refractivity contribution in [3.8, 4) is 11.5 Å². The second-order valence-corrected chi connectivity index (χ2v) is 11.2. The minimum atomic E-state index is -3.62. The molecule has 2 rings (SSSR count). The van der Waals surface area contributed by atoms with Crippen LogP contribution in [0.3, 0.4) is 0 Å². The van der Waals surface area contributed by atoms with Crippen molar-refractivity contribution in [2.24, 2.45) is 0 Å². The van der Waals surface area contributed by atoms with Crippen LogP contribution in [0.2, 0.25) is 0 Å². The maximum Gasteiger partial charge on any atom is 0.306 e. The minimum Gasteiger partial charge on any atom is -0.382 e. The Morgan fingerprint density at radius 2 is 0.862 bits per heavy atom. The van der Waals surface area contributed by atoms with Gasteiger partial charge in [0.05, 0.1) is 12.5 Å². The van der Waals surface area contributed by atoms with Crippen molar-refractivity contribution in [1.29, 1.82) is 0 Å². The van der Waals surface area contributed by atoms with E-state index in [0.29, 0.717) is 11.5 Å². The molecule has 0 saturated carbocycles. The summed E-state index contributed by atoms with van der Waals surface area (Å²) in [4.78, 5) is 0. The monoisotopic (exact) mass is 440 g/mol. The van der Waals surface area contributed by atoms with Gasteiger partial charge >= 0.3 is 20.2 Å². The molecule has 0 N–H and O–H groups in total. The molecule has 0 aromatic heterocycles. The van der Waals surface area contributed by atoms with Crippen molar-refractivity contribution in [2.75, 3.05) is 12.5 Å². The highest BCUT2D eigenvalue weighted by Gasteiger charge is 2.27. The maximum atomic E-state index is 11.5. The molecule has 2 aromatic rings. The Balaban J connectivity index is 2.56. The van der Waals surface area contributed by atoms with Gasteiger partial charge in [0.2, 0.25) is 0 Å². The molecular weight excluding hydrogens is 412 g/mol. The lowest BCUT2D eigenvalue weighted by Crippen LogP contribution is -2.21. The average Bonchev–Trinajstić information content (AvgIpc) is 2.52. The Labute approximate surface area is 174 Å². The molecule has 0 saturated heterocycles. The molecule has 0 fully saturated rings. The summed E-state index contributed by atoms with van der Waals surface area (Å²) in [6.07, 6.45) is 2.05. The fourth-order valence-electron chi connectivity index (χ4n) is 3.35. The molecule has 29 heavy (non-hydrogen) atoms. The largest absolute Gasteiger partial charge is 0.382 e. The van der Waals surface area contributed by atoms with Gasteiger partial charge in [-0.15, -0.1) is 0 Å². The van der Waals surface area contributed by atoms with Crippen molar-refractivity contribution in [1.82, 2.24) is 0 Å². The van der Waals surface area contributed by atoms with Gasteiger partial charge in [0, 0.05) is 5.41 Å². The summed E-state index contributed by atoms with van der Waals surface area (Å²) in [7, 11) is -7.23. The lowest BCUT2D eigenvalue weighted by molar-refractivity contribution is 0.487. The van der Waals surface area contributed by atoms with Crippen LogP contribution < -0.4 is 8.37 Å². The van der Waals surface area contributed by atoms with Crippen molar-refractivity contribution in [3.63, 3.8) is 0 Å². The topological polar surface area (TPSA) is 86.7 Å². The highest BCUT2D eigenvalue weighted by atomic mass is 32.2. The summed E-state index contributed by atoms with van der Waals surface area (Å²) >= 11 is 0. The molecule has 8 heteroatoms. The molecule has 0 radical (unpaired) electrons. The number of aryl methyl sites for hydroxylation is 4. The molecule has 0 bridgehead atoms. The van der Waals surface area contributed by atoms with Gasteiger partial charge in [-0.2, -0.15) is 16.8 Å². The first-order valence-corrected chi connectivity index (χ1v) is 12.7. The van der Waals surface area contributed by atoms with Gasteiger partial charge in [-0.05, 0) is 61.1 Å². The van der Waals surface area contributed by atoms with E-state index in [1.165, 1.54) is 0 Å². The quantitative estimate of drug-likeness (QED) is 0.633. The molecule has 0 unspecified atom stereocenters. The second kappa shape index (κ2) is 7.65. The van der Waals surface area contributed by atoms with E-state index < -0.39 is 25.7 Å². The van der Waals surface area contributed by atoms with Crippen LogP contribution in [-0.2, 0) is 25.7 Å². The van der Waals surface area contributed by atoms with E-state index in [1.54, 1.807) is 0 Å². The molecule has 0 atom stereocenters. The first-order chi connectivity index (χ1) is 13.0. The number of rotatable bonds is 6. The minimum absolute atomic E-state index is 0.344. The van der Waals surface area contributed by atoms with E-state index >= 15 is 0 Å². The Kier molecular flexibility index (Phi) is 6.12. The molecule has 0 aliphatic rings. The molecule has 6 nitrogen and oxygen atoms in total. The fraction of sp³-hybridized carbons (Fsp3) is 0.429. The summed E-state index contributed by atoms with van der Waals surface area (Å²) in [5, 5.41) is 0. The Hall–Kier alpha value is -2.06. The van der Waals surface area contributed by atoms with Crippen LogP contribution >= 0.6 is 0 Å². The van der Waals surface area contributed by atoms with Crippen LogP contribution in [0.15, 0.2) is 24.3 Å². The standard InChI is InChI=1S/C21H28O6S2/c1-13-9-17(10-14(2)19(13)26-28(7,22)23)21(5,6)18-11-15(3)20(16(4)12-18)27-29(8,24)25/h9-12H,1-8H3. The van der Waals surface area contributed by atoms with E-state index in [4.69, 9.17) is 8.37 Å². The van der Waals surface area contributed by atoms with E-state index in [1.807, 2.05) is 52.0 Å². The zero-order chi connectivity index (χ0) is 22.4. The predicted octanol–water partition coefficient (Wildman–Crippen LogP) is 3.92. The molecular formula is C21H28O6S2. The first kappa shape index (κ1) is 23.2. The first-order valence-electron chi connectivity index (χ1n) is 9.03. The third-order valence-electron chi connectivity index (χ3n) is 4.83. The lowest BCUT2D eigenvalue weighted by atomic mass is 9.76. The van der Waals surface area contributed by atoms with Gasteiger partial charge in [0.1, 0.15) is 11.5 Å². The summed E-state index contributed by atoms with van der Waals surface area (Å²) in [5.74, 6) is 0.688. The number of hydrogen-bond acceptors (Lipinski definition) is 6. The highest BCUT2D eigenvalue weighted by molar-refractivity contribution is 7.86. The Morgan fingerprint density at radius 1 is 0.621 bits per heavy atom. The normalized spacial score (nSPS) is 12.7. The smallest absolute Gasteiger partial charge is 0.306 e. The number of hydrogen-bond donors (Lipinski definition) is 0. The van der Waals surface area contributed by atoms with Crippen LogP contribution in [0.1, 0.15) is 47.2 Å². The summed E-state index contributed by atoms with van der Waals surface area (Å²) in [6.45, 7) is 11.4. The van der Waals surface area contributed by atoms with Gasteiger partial charge in [0.25, 0.3) is 0 Å². The SMILES string of the molecule is Cc1cc(C(C)(C)c2cc(C)c(OS(C)(=O)=O)c(C)c2)cc(C)c1OS(C)(=O)=O. The van der Waals surface area contributed by atoms with Crippen LogP contribution in [0.5, 0.6) is 11.5 Å². The van der Waals surface area contributed by atoms with Gasteiger partial charge in [-0.25, -0.2) is 0 Å². The summed E-state index contributed by atoms with van der Waals surface area (Å²) < 4.78 is 56.4. The zero-order valence-electron chi connectivity index (χ0n) is 18.1. The van der Waals surface area contributed by atoms with Crippen molar-refractivity contribution >= 4 is 20.2 Å². The fourth-order valence-corrected chi connectivity index (χ4v) is 4.49. The highest BCUT2D eigenvalue weighted by Crippen LogP contribution is 2.39. The lowest BCUT2D eigenvalue weighted by Gasteiger charge is -2.29. The van der Waals surface area contributed by atoms with Crippen LogP contribution in [0.25, 0.3) is 0 Å². The molecule has 0 spiro atoms. The molecule has 0 amide bonds.